The number of rotatable bonds is 4. The zero-order chi connectivity index (χ0) is 20.7. The highest BCUT2D eigenvalue weighted by Crippen LogP contribution is 2.20. The first kappa shape index (κ1) is 18.6. The van der Waals surface area contributed by atoms with Crippen molar-refractivity contribution in [1.82, 2.24) is 29.3 Å². The van der Waals surface area contributed by atoms with Crippen molar-refractivity contribution in [3.8, 4) is 0 Å². The van der Waals surface area contributed by atoms with Crippen LogP contribution in [0.5, 0.6) is 0 Å². The van der Waals surface area contributed by atoms with Crippen LogP contribution in [0.2, 0.25) is 0 Å². The summed E-state index contributed by atoms with van der Waals surface area (Å²) in [5.41, 5.74) is 1.88. The van der Waals surface area contributed by atoms with Gasteiger partial charge in [-0.1, -0.05) is 0 Å². The number of hydrogen-bond acceptors (Lipinski definition) is 6. The van der Waals surface area contributed by atoms with Crippen LogP contribution in [-0.4, -0.2) is 67.3 Å². The SMILES string of the molecule is Cn1ncc(C(=O)N2CCCC2)c1C(=O)Nc1ccc2nc(N3CCCC3)nn2c1. The van der Waals surface area contributed by atoms with Crippen LogP contribution in [0.3, 0.4) is 0 Å². The lowest BCUT2D eigenvalue weighted by Gasteiger charge is -2.15. The maximum atomic E-state index is 13.0. The van der Waals surface area contributed by atoms with Gasteiger partial charge in [-0.05, 0) is 37.8 Å². The number of pyridine rings is 1. The quantitative estimate of drug-likeness (QED) is 0.703. The summed E-state index contributed by atoms with van der Waals surface area (Å²) in [6.45, 7) is 3.37. The minimum Gasteiger partial charge on any atom is -0.340 e. The van der Waals surface area contributed by atoms with Gasteiger partial charge in [-0.25, -0.2) is 4.52 Å². The van der Waals surface area contributed by atoms with Gasteiger partial charge in [-0.2, -0.15) is 10.1 Å². The van der Waals surface area contributed by atoms with Crippen LogP contribution in [0.25, 0.3) is 5.65 Å². The lowest BCUT2D eigenvalue weighted by atomic mass is 10.2. The molecule has 0 atom stereocenters. The monoisotopic (exact) mass is 408 g/mol. The number of likely N-dealkylation sites (tertiary alicyclic amines) is 1. The van der Waals surface area contributed by atoms with E-state index in [4.69, 9.17) is 0 Å². The fourth-order valence-corrected chi connectivity index (χ4v) is 4.14. The van der Waals surface area contributed by atoms with E-state index in [9.17, 15) is 9.59 Å². The standard InChI is InChI=1S/C20H24N8O2/c1-25-17(15(12-21-25)19(30)26-8-2-3-9-26)18(29)22-14-6-7-16-23-20(24-28(16)13-14)27-10-4-5-11-27/h6-7,12-13H,2-5,8-11H2,1H3,(H,22,29). The lowest BCUT2D eigenvalue weighted by molar-refractivity contribution is 0.0787. The van der Waals surface area contributed by atoms with Gasteiger partial charge in [0, 0.05) is 33.2 Å². The summed E-state index contributed by atoms with van der Waals surface area (Å²) < 4.78 is 3.11. The van der Waals surface area contributed by atoms with Gasteiger partial charge in [-0.3, -0.25) is 14.3 Å². The van der Waals surface area contributed by atoms with Gasteiger partial charge in [0.1, 0.15) is 5.69 Å². The average Bonchev–Trinajstić information content (AvgIpc) is 3.53. The Bertz CT molecular complexity index is 1110. The van der Waals surface area contributed by atoms with E-state index in [1.807, 2.05) is 6.07 Å². The van der Waals surface area contributed by atoms with E-state index >= 15 is 0 Å². The Morgan fingerprint density at radius 2 is 1.77 bits per heavy atom. The Morgan fingerprint density at radius 1 is 1.03 bits per heavy atom. The van der Waals surface area contributed by atoms with Crippen LogP contribution >= 0.6 is 0 Å². The molecule has 10 heteroatoms. The highest BCUT2D eigenvalue weighted by atomic mass is 16.2. The van der Waals surface area contributed by atoms with Crippen LogP contribution in [0.15, 0.2) is 24.5 Å². The van der Waals surface area contributed by atoms with E-state index in [0.29, 0.717) is 17.2 Å². The number of fused-ring (bicyclic) bond motifs is 1. The number of anilines is 2. The largest absolute Gasteiger partial charge is 0.340 e. The molecule has 5 heterocycles. The molecular weight excluding hydrogens is 384 g/mol. The highest BCUT2D eigenvalue weighted by Gasteiger charge is 2.27. The van der Waals surface area contributed by atoms with Gasteiger partial charge >= 0.3 is 0 Å². The fourth-order valence-electron chi connectivity index (χ4n) is 4.14. The Labute approximate surface area is 173 Å². The third-order valence-electron chi connectivity index (χ3n) is 5.74. The molecule has 3 aromatic heterocycles. The number of aromatic nitrogens is 5. The summed E-state index contributed by atoms with van der Waals surface area (Å²) >= 11 is 0. The number of hydrogen-bond donors (Lipinski definition) is 1. The second-order valence-electron chi connectivity index (χ2n) is 7.81. The fraction of sp³-hybridized carbons (Fsp3) is 0.450. The molecular formula is C20H24N8O2. The minimum atomic E-state index is -0.378. The molecule has 2 fully saturated rings. The van der Waals surface area contributed by atoms with Crippen LogP contribution in [0.4, 0.5) is 11.6 Å². The Hall–Kier alpha value is -3.43. The first-order chi connectivity index (χ1) is 14.6. The zero-order valence-electron chi connectivity index (χ0n) is 16.9. The Kier molecular flexibility index (Phi) is 4.61. The van der Waals surface area contributed by atoms with Crippen molar-refractivity contribution in [2.75, 3.05) is 36.4 Å². The first-order valence-electron chi connectivity index (χ1n) is 10.3. The van der Waals surface area contributed by atoms with E-state index in [2.05, 4.69) is 25.4 Å². The van der Waals surface area contributed by atoms with E-state index < -0.39 is 0 Å². The molecule has 5 rings (SSSR count). The molecule has 0 aromatic carbocycles. The van der Waals surface area contributed by atoms with Gasteiger partial charge in [0.2, 0.25) is 5.95 Å². The van der Waals surface area contributed by atoms with Crippen LogP contribution in [0.1, 0.15) is 46.5 Å². The molecule has 0 saturated carbocycles. The maximum absolute atomic E-state index is 13.0. The van der Waals surface area contributed by atoms with E-state index in [0.717, 1.165) is 57.5 Å². The van der Waals surface area contributed by atoms with Crippen molar-refractivity contribution in [1.29, 1.82) is 0 Å². The van der Waals surface area contributed by atoms with E-state index in [1.165, 1.54) is 10.9 Å². The van der Waals surface area contributed by atoms with Gasteiger partial charge < -0.3 is 15.1 Å². The van der Waals surface area contributed by atoms with Crippen molar-refractivity contribution in [3.63, 3.8) is 0 Å². The third-order valence-corrected chi connectivity index (χ3v) is 5.74. The van der Waals surface area contributed by atoms with Crippen molar-refractivity contribution < 1.29 is 9.59 Å². The maximum Gasteiger partial charge on any atom is 0.274 e. The summed E-state index contributed by atoms with van der Waals surface area (Å²) in [7, 11) is 1.67. The Balaban J connectivity index is 1.38. The number of aryl methyl sites for hydroxylation is 1. The van der Waals surface area contributed by atoms with Gasteiger partial charge in [0.15, 0.2) is 5.65 Å². The molecule has 0 spiro atoms. The molecule has 0 unspecified atom stereocenters. The number of amides is 2. The van der Waals surface area contributed by atoms with Crippen LogP contribution in [-0.2, 0) is 7.05 Å². The van der Waals surface area contributed by atoms with Crippen molar-refractivity contribution >= 4 is 29.1 Å². The van der Waals surface area contributed by atoms with Crippen LogP contribution in [0, 0.1) is 0 Å². The highest BCUT2D eigenvalue weighted by molar-refractivity contribution is 6.11. The molecule has 2 aliphatic rings. The molecule has 2 aliphatic heterocycles. The lowest BCUT2D eigenvalue weighted by Crippen LogP contribution is -2.30. The first-order valence-corrected chi connectivity index (χ1v) is 10.3. The van der Waals surface area contributed by atoms with Crippen molar-refractivity contribution in [3.05, 3.63) is 35.8 Å². The zero-order valence-corrected chi connectivity index (χ0v) is 16.9. The molecule has 30 heavy (non-hydrogen) atoms. The molecule has 2 saturated heterocycles. The summed E-state index contributed by atoms with van der Waals surface area (Å²) in [6, 6.07) is 3.61. The molecule has 0 bridgehead atoms. The van der Waals surface area contributed by atoms with Gasteiger partial charge in [0.05, 0.1) is 23.6 Å². The summed E-state index contributed by atoms with van der Waals surface area (Å²) in [5, 5.41) is 11.6. The molecule has 0 radical (unpaired) electrons. The van der Waals surface area contributed by atoms with Crippen molar-refractivity contribution in [2.24, 2.45) is 7.05 Å². The van der Waals surface area contributed by atoms with Crippen LogP contribution < -0.4 is 10.2 Å². The average molecular weight is 408 g/mol. The topological polar surface area (TPSA) is 101 Å². The predicted octanol–water partition coefficient (Wildman–Crippen LogP) is 1.55. The summed E-state index contributed by atoms with van der Waals surface area (Å²) in [4.78, 5) is 34.3. The third kappa shape index (κ3) is 3.27. The van der Waals surface area contributed by atoms with Gasteiger partial charge in [-0.15, -0.1) is 5.10 Å². The number of carbonyl (C=O) groups excluding carboxylic acids is 2. The summed E-state index contributed by atoms with van der Waals surface area (Å²) in [6.07, 6.45) is 7.49. The van der Waals surface area contributed by atoms with E-state index in [-0.39, 0.29) is 17.5 Å². The molecule has 10 nitrogen and oxygen atoms in total. The normalized spacial score (nSPS) is 16.6. The van der Waals surface area contributed by atoms with Crippen molar-refractivity contribution in [2.45, 2.75) is 25.7 Å². The summed E-state index contributed by atoms with van der Waals surface area (Å²) in [5.74, 6) is 0.186. The number of carbonyl (C=O) groups is 2. The Morgan fingerprint density at radius 3 is 2.53 bits per heavy atom. The number of nitrogens with one attached hydrogen (secondary N) is 1. The molecule has 1 N–H and O–H groups in total. The molecule has 0 aliphatic carbocycles. The number of nitrogens with zero attached hydrogens (tertiary/aromatic N) is 7. The van der Waals surface area contributed by atoms with Gasteiger partial charge in [0.25, 0.3) is 11.8 Å². The smallest absolute Gasteiger partial charge is 0.274 e. The minimum absolute atomic E-state index is 0.146. The molecule has 3 aromatic rings. The molecule has 2 amide bonds. The predicted molar refractivity (Wildman–Crippen MR) is 111 cm³/mol. The van der Waals surface area contributed by atoms with E-state index in [1.54, 1.807) is 28.7 Å². The second kappa shape index (κ2) is 7.43. The molecule has 156 valence electrons. The second-order valence-corrected chi connectivity index (χ2v) is 7.81.